The molecule has 0 aromatic heterocycles. The molecular weight excluding hydrogens is 456 g/mol. The number of β-lactam (4-membered cyclic amide) rings is 1. The summed E-state index contributed by atoms with van der Waals surface area (Å²) in [5.41, 5.74) is 1.74. The molecule has 0 radical (unpaired) electrons. The van der Waals surface area contributed by atoms with Gasteiger partial charge in [-0.15, -0.1) is 23.4 Å². The summed E-state index contributed by atoms with van der Waals surface area (Å²) < 4.78 is 0. The molecule has 2 aromatic rings. The Balaban J connectivity index is 1.50. The lowest BCUT2D eigenvalue weighted by molar-refractivity contribution is -0.150. The van der Waals surface area contributed by atoms with Gasteiger partial charge >= 0.3 is 5.97 Å². The number of benzene rings is 2. The summed E-state index contributed by atoms with van der Waals surface area (Å²) in [6, 6.07) is 16.0. The number of nitrogens with zero attached hydrogens (tertiary/aromatic N) is 1. The van der Waals surface area contributed by atoms with Crippen molar-refractivity contribution in [3.8, 4) is 0 Å². The van der Waals surface area contributed by atoms with Gasteiger partial charge in [-0.2, -0.15) is 0 Å². The number of halogens is 1. The number of carbonyl (C=O) groups is 3. The predicted octanol–water partition coefficient (Wildman–Crippen LogP) is 3.46. The van der Waals surface area contributed by atoms with Gasteiger partial charge in [0.05, 0.1) is 6.42 Å². The number of fused-ring (bicyclic) bond motifs is 1. The van der Waals surface area contributed by atoms with Gasteiger partial charge in [-0.1, -0.05) is 60.3 Å². The second-order valence-electron chi connectivity index (χ2n) is 7.04. The molecule has 2 atom stereocenters. The molecule has 0 spiro atoms. The number of thioether (sulfide) groups is 2. The van der Waals surface area contributed by atoms with Gasteiger partial charge in [0.25, 0.3) is 5.91 Å². The first-order valence-corrected chi connectivity index (χ1v) is 12.0. The third-order valence-corrected chi connectivity index (χ3v) is 7.96. The molecule has 2 aliphatic heterocycles. The van der Waals surface area contributed by atoms with Crippen LogP contribution in [0.15, 0.2) is 70.1 Å². The van der Waals surface area contributed by atoms with Crippen LogP contribution in [-0.4, -0.2) is 45.0 Å². The van der Waals surface area contributed by atoms with Crippen LogP contribution in [0.25, 0.3) is 0 Å². The molecule has 0 unspecified atom stereocenters. The highest BCUT2D eigenvalue weighted by Gasteiger charge is 2.54. The first-order chi connectivity index (χ1) is 15.0. The molecule has 2 amide bonds. The Bertz CT molecular complexity index is 1060. The maximum atomic E-state index is 12.8. The van der Waals surface area contributed by atoms with E-state index >= 15 is 0 Å². The molecule has 9 heteroatoms. The van der Waals surface area contributed by atoms with E-state index in [1.54, 1.807) is 0 Å². The lowest BCUT2D eigenvalue weighted by Crippen LogP contribution is -2.70. The number of aliphatic carboxylic acids is 1. The van der Waals surface area contributed by atoms with Crippen molar-refractivity contribution in [2.24, 2.45) is 0 Å². The monoisotopic (exact) mass is 474 g/mol. The largest absolute Gasteiger partial charge is 0.477 e. The summed E-state index contributed by atoms with van der Waals surface area (Å²) in [5.74, 6) is -1.07. The van der Waals surface area contributed by atoms with Gasteiger partial charge in [0.1, 0.15) is 17.1 Å². The lowest BCUT2D eigenvalue weighted by Gasteiger charge is -2.49. The van der Waals surface area contributed by atoms with E-state index in [0.717, 1.165) is 16.0 Å². The number of rotatable bonds is 7. The average molecular weight is 475 g/mol. The van der Waals surface area contributed by atoms with Crippen LogP contribution in [0, 0.1) is 0 Å². The number of nitrogens with one attached hydrogen (secondary N) is 1. The Morgan fingerprint density at radius 1 is 1.16 bits per heavy atom. The van der Waals surface area contributed by atoms with Crippen molar-refractivity contribution in [1.29, 1.82) is 0 Å². The molecular formula is C22H19ClN2O4S2. The standard InChI is InChI=1S/C22H19ClN2O4S2/c23-11-14-8-4-5-9-15(14)31-16-12-30-21-18(20(27)25(21)19(16)22(28)29)24-17(26)10-13-6-2-1-3-7-13/h1-9,18,21H,10-12H2,(H,24,26)(H,28,29)/t18-,21-/m1/s1. The molecule has 0 bridgehead atoms. The van der Waals surface area contributed by atoms with Gasteiger partial charge in [-0.25, -0.2) is 4.79 Å². The van der Waals surface area contributed by atoms with Crippen LogP contribution in [0.1, 0.15) is 11.1 Å². The van der Waals surface area contributed by atoms with Crippen LogP contribution >= 0.6 is 35.1 Å². The molecule has 2 aromatic carbocycles. The molecule has 4 rings (SSSR count). The van der Waals surface area contributed by atoms with Gasteiger partial charge < -0.3 is 10.4 Å². The zero-order chi connectivity index (χ0) is 22.0. The van der Waals surface area contributed by atoms with E-state index < -0.39 is 23.3 Å². The van der Waals surface area contributed by atoms with Crippen LogP contribution in [0.4, 0.5) is 0 Å². The van der Waals surface area contributed by atoms with Crippen molar-refractivity contribution in [2.45, 2.75) is 28.6 Å². The number of carboxylic acid groups (broad SMARTS) is 1. The van der Waals surface area contributed by atoms with Gasteiger partial charge in [-0.05, 0) is 17.2 Å². The first-order valence-electron chi connectivity index (χ1n) is 9.55. The highest BCUT2D eigenvalue weighted by atomic mass is 35.5. The van der Waals surface area contributed by atoms with Gasteiger partial charge in [0.2, 0.25) is 5.91 Å². The molecule has 2 aliphatic rings. The Kier molecular flexibility index (Phi) is 6.60. The van der Waals surface area contributed by atoms with E-state index in [-0.39, 0.29) is 18.0 Å². The second-order valence-corrected chi connectivity index (χ2v) is 9.55. The summed E-state index contributed by atoms with van der Waals surface area (Å²) in [6.45, 7) is 0. The fourth-order valence-corrected chi connectivity index (χ4v) is 6.43. The number of alkyl halides is 1. The molecule has 2 heterocycles. The van der Waals surface area contributed by atoms with Crippen LogP contribution in [0.5, 0.6) is 0 Å². The highest BCUT2D eigenvalue weighted by Crippen LogP contribution is 2.45. The van der Waals surface area contributed by atoms with Gasteiger partial charge in [0.15, 0.2) is 0 Å². The van der Waals surface area contributed by atoms with E-state index in [4.69, 9.17) is 11.6 Å². The Hall–Kier alpha value is -2.42. The number of hydrogen-bond donors (Lipinski definition) is 2. The molecule has 31 heavy (non-hydrogen) atoms. The van der Waals surface area contributed by atoms with Crippen LogP contribution in [0.3, 0.4) is 0 Å². The average Bonchev–Trinajstić information content (AvgIpc) is 2.78. The van der Waals surface area contributed by atoms with Crippen LogP contribution < -0.4 is 5.32 Å². The fourth-order valence-electron chi connectivity index (χ4n) is 3.52. The molecule has 0 aliphatic carbocycles. The zero-order valence-electron chi connectivity index (χ0n) is 16.3. The molecule has 0 saturated carbocycles. The molecule has 160 valence electrons. The van der Waals surface area contributed by atoms with Crippen molar-refractivity contribution < 1.29 is 19.5 Å². The van der Waals surface area contributed by atoms with Crippen molar-refractivity contribution in [3.63, 3.8) is 0 Å². The van der Waals surface area contributed by atoms with E-state index in [9.17, 15) is 19.5 Å². The van der Waals surface area contributed by atoms with E-state index in [1.807, 2.05) is 54.6 Å². The Labute approximate surface area is 193 Å². The smallest absolute Gasteiger partial charge is 0.353 e. The lowest BCUT2D eigenvalue weighted by atomic mass is 10.0. The van der Waals surface area contributed by atoms with Crippen molar-refractivity contribution in [2.75, 3.05) is 5.75 Å². The summed E-state index contributed by atoms with van der Waals surface area (Å²) in [6.07, 6.45) is 0.167. The summed E-state index contributed by atoms with van der Waals surface area (Å²) in [5, 5.41) is 12.2. The summed E-state index contributed by atoms with van der Waals surface area (Å²) in [4.78, 5) is 40.0. The third-order valence-electron chi connectivity index (χ3n) is 5.01. The van der Waals surface area contributed by atoms with E-state index in [0.29, 0.717) is 16.5 Å². The number of hydrogen-bond acceptors (Lipinski definition) is 5. The molecule has 6 nitrogen and oxygen atoms in total. The first kappa shape index (κ1) is 21.8. The maximum absolute atomic E-state index is 12.8. The quantitative estimate of drug-likeness (QED) is 0.472. The minimum Gasteiger partial charge on any atom is -0.477 e. The summed E-state index contributed by atoms with van der Waals surface area (Å²) in [7, 11) is 0. The normalized spacial score (nSPS) is 20.2. The SMILES string of the molecule is O=C(Cc1ccccc1)N[C@@H]1C(=O)N2C(C(=O)O)=C(Sc3ccccc3CCl)CS[C@H]12. The predicted molar refractivity (Wildman–Crippen MR) is 122 cm³/mol. The van der Waals surface area contributed by atoms with Crippen molar-refractivity contribution in [1.82, 2.24) is 10.2 Å². The van der Waals surface area contributed by atoms with Crippen molar-refractivity contribution in [3.05, 3.63) is 76.3 Å². The zero-order valence-corrected chi connectivity index (χ0v) is 18.7. The van der Waals surface area contributed by atoms with Gasteiger partial charge in [0, 0.05) is 21.4 Å². The second kappa shape index (κ2) is 9.38. The van der Waals surface area contributed by atoms with E-state index in [2.05, 4.69) is 5.32 Å². The summed E-state index contributed by atoms with van der Waals surface area (Å²) >= 11 is 8.78. The van der Waals surface area contributed by atoms with E-state index in [1.165, 1.54) is 28.4 Å². The number of carbonyl (C=O) groups excluding carboxylic acids is 2. The van der Waals surface area contributed by atoms with Gasteiger partial charge in [-0.3, -0.25) is 14.5 Å². The minimum absolute atomic E-state index is 0.0170. The minimum atomic E-state index is -1.15. The maximum Gasteiger partial charge on any atom is 0.353 e. The van der Waals surface area contributed by atoms with Crippen LogP contribution in [-0.2, 0) is 26.7 Å². The van der Waals surface area contributed by atoms with Crippen LogP contribution in [0.2, 0.25) is 0 Å². The highest BCUT2D eigenvalue weighted by molar-refractivity contribution is 8.06. The molecule has 2 N–H and O–H groups in total. The topological polar surface area (TPSA) is 86.7 Å². The molecule has 1 saturated heterocycles. The third kappa shape index (κ3) is 4.46. The fraction of sp³-hybridized carbons (Fsp3) is 0.227. The van der Waals surface area contributed by atoms with Crippen molar-refractivity contribution >= 4 is 52.9 Å². The number of amides is 2. The Morgan fingerprint density at radius 3 is 2.58 bits per heavy atom. The number of carboxylic acids is 1. The Morgan fingerprint density at radius 2 is 1.87 bits per heavy atom. The molecule has 1 fully saturated rings.